The van der Waals surface area contributed by atoms with E-state index in [0.29, 0.717) is 17.9 Å². The molecule has 0 spiro atoms. The third kappa shape index (κ3) is 3.31. The summed E-state index contributed by atoms with van der Waals surface area (Å²) < 4.78 is 0.878. The van der Waals surface area contributed by atoms with Crippen molar-refractivity contribution >= 4 is 27.7 Å². The van der Waals surface area contributed by atoms with Crippen molar-refractivity contribution < 1.29 is 0 Å². The highest BCUT2D eigenvalue weighted by Crippen LogP contribution is 2.28. The minimum absolute atomic E-state index is 0.317. The Labute approximate surface area is 111 Å². The van der Waals surface area contributed by atoms with Crippen molar-refractivity contribution in [3.8, 4) is 0 Å². The molecule has 17 heavy (non-hydrogen) atoms. The van der Waals surface area contributed by atoms with Crippen LogP contribution in [0, 0.1) is 5.92 Å². The van der Waals surface area contributed by atoms with Gasteiger partial charge in [-0.25, -0.2) is 4.98 Å². The molecule has 1 heterocycles. The van der Waals surface area contributed by atoms with Gasteiger partial charge in [-0.15, -0.1) is 0 Å². The molecular weight excluding hydrogens is 280 g/mol. The quantitative estimate of drug-likeness (QED) is 0.823. The molecule has 1 aliphatic rings. The van der Waals surface area contributed by atoms with E-state index in [9.17, 15) is 0 Å². The SMILES string of the molecule is CC1CCCCCC1Nc1nc(N)ncc1Br. The number of nitrogens with zero attached hydrogens (tertiary/aromatic N) is 2. The summed E-state index contributed by atoms with van der Waals surface area (Å²) in [5, 5.41) is 3.50. The van der Waals surface area contributed by atoms with Crippen molar-refractivity contribution in [1.29, 1.82) is 0 Å². The van der Waals surface area contributed by atoms with E-state index in [1.54, 1.807) is 6.20 Å². The third-order valence-electron chi connectivity index (χ3n) is 3.45. The van der Waals surface area contributed by atoms with Crippen molar-refractivity contribution in [3.63, 3.8) is 0 Å². The molecule has 1 aromatic heterocycles. The van der Waals surface area contributed by atoms with Gasteiger partial charge in [0.2, 0.25) is 5.95 Å². The van der Waals surface area contributed by atoms with Crippen molar-refractivity contribution in [1.82, 2.24) is 9.97 Å². The number of nitrogens with two attached hydrogens (primary N) is 1. The molecule has 2 unspecified atom stereocenters. The number of halogens is 1. The average molecular weight is 299 g/mol. The lowest BCUT2D eigenvalue weighted by molar-refractivity contribution is 0.455. The Kier molecular flexibility index (Phi) is 4.20. The topological polar surface area (TPSA) is 63.8 Å². The molecule has 0 aliphatic heterocycles. The predicted molar refractivity (Wildman–Crippen MR) is 73.8 cm³/mol. The second-order valence-electron chi connectivity index (χ2n) is 4.79. The van der Waals surface area contributed by atoms with Gasteiger partial charge in [0, 0.05) is 12.2 Å². The maximum atomic E-state index is 5.62. The van der Waals surface area contributed by atoms with Crippen LogP contribution in [-0.4, -0.2) is 16.0 Å². The Morgan fingerprint density at radius 1 is 1.35 bits per heavy atom. The molecule has 0 bridgehead atoms. The van der Waals surface area contributed by atoms with E-state index in [4.69, 9.17) is 5.73 Å². The first-order valence-electron chi connectivity index (χ1n) is 6.21. The first-order chi connectivity index (χ1) is 8.16. The van der Waals surface area contributed by atoms with Gasteiger partial charge in [-0.2, -0.15) is 4.98 Å². The van der Waals surface area contributed by atoms with Crippen LogP contribution in [0.25, 0.3) is 0 Å². The van der Waals surface area contributed by atoms with E-state index in [-0.39, 0.29) is 0 Å². The van der Waals surface area contributed by atoms with Crippen LogP contribution in [0.4, 0.5) is 11.8 Å². The first-order valence-corrected chi connectivity index (χ1v) is 7.00. The second-order valence-corrected chi connectivity index (χ2v) is 5.65. The molecule has 5 heteroatoms. The number of aromatic nitrogens is 2. The summed E-state index contributed by atoms with van der Waals surface area (Å²) >= 11 is 3.45. The lowest BCUT2D eigenvalue weighted by Crippen LogP contribution is -2.27. The molecule has 1 aromatic rings. The van der Waals surface area contributed by atoms with Crippen LogP contribution in [-0.2, 0) is 0 Å². The smallest absolute Gasteiger partial charge is 0.221 e. The highest BCUT2D eigenvalue weighted by molar-refractivity contribution is 9.10. The second kappa shape index (κ2) is 5.67. The Morgan fingerprint density at radius 2 is 2.12 bits per heavy atom. The van der Waals surface area contributed by atoms with E-state index in [1.807, 2.05) is 0 Å². The van der Waals surface area contributed by atoms with Gasteiger partial charge in [0.15, 0.2) is 0 Å². The monoisotopic (exact) mass is 298 g/mol. The van der Waals surface area contributed by atoms with Crippen molar-refractivity contribution in [2.75, 3.05) is 11.1 Å². The Balaban J connectivity index is 2.10. The van der Waals surface area contributed by atoms with Crippen LogP contribution in [0.15, 0.2) is 10.7 Å². The Bertz CT molecular complexity index is 383. The number of hydrogen-bond donors (Lipinski definition) is 2. The Morgan fingerprint density at radius 3 is 2.94 bits per heavy atom. The molecule has 2 rings (SSSR count). The normalized spacial score (nSPS) is 25.3. The fourth-order valence-corrected chi connectivity index (χ4v) is 2.67. The molecule has 1 saturated carbocycles. The van der Waals surface area contributed by atoms with Gasteiger partial charge in [0.25, 0.3) is 0 Å². The van der Waals surface area contributed by atoms with Crippen molar-refractivity contribution in [3.05, 3.63) is 10.7 Å². The van der Waals surface area contributed by atoms with Crippen molar-refractivity contribution in [2.24, 2.45) is 5.92 Å². The number of nitrogens with one attached hydrogen (secondary N) is 1. The summed E-state index contributed by atoms with van der Waals surface area (Å²) in [6.45, 7) is 2.31. The molecule has 0 aromatic carbocycles. The molecule has 1 fully saturated rings. The minimum atomic E-state index is 0.317. The molecule has 0 amide bonds. The summed E-state index contributed by atoms with van der Waals surface area (Å²) in [5.74, 6) is 1.81. The highest BCUT2D eigenvalue weighted by Gasteiger charge is 2.20. The fraction of sp³-hybridized carbons (Fsp3) is 0.667. The van der Waals surface area contributed by atoms with E-state index >= 15 is 0 Å². The zero-order valence-corrected chi connectivity index (χ0v) is 11.7. The van der Waals surface area contributed by atoms with E-state index in [1.165, 1.54) is 32.1 Å². The van der Waals surface area contributed by atoms with E-state index < -0.39 is 0 Å². The van der Waals surface area contributed by atoms with Crippen LogP contribution in [0.2, 0.25) is 0 Å². The van der Waals surface area contributed by atoms with E-state index in [2.05, 4.69) is 38.1 Å². The summed E-state index contributed by atoms with van der Waals surface area (Å²) in [4.78, 5) is 8.19. The molecular formula is C12H19BrN4. The minimum Gasteiger partial charge on any atom is -0.368 e. The first kappa shape index (κ1) is 12.6. The largest absolute Gasteiger partial charge is 0.368 e. The average Bonchev–Trinajstić information content (AvgIpc) is 2.50. The van der Waals surface area contributed by atoms with Crippen LogP contribution >= 0.6 is 15.9 Å². The lowest BCUT2D eigenvalue weighted by Gasteiger charge is -2.23. The summed E-state index contributed by atoms with van der Waals surface area (Å²) in [6.07, 6.45) is 8.17. The molecule has 3 N–H and O–H groups in total. The summed E-state index contributed by atoms with van der Waals surface area (Å²) in [5.41, 5.74) is 5.62. The number of hydrogen-bond acceptors (Lipinski definition) is 4. The Hall–Kier alpha value is -0.840. The number of nitrogen functional groups attached to an aromatic ring is 1. The summed E-state index contributed by atoms with van der Waals surface area (Å²) in [6, 6.07) is 0.489. The zero-order chi connectivity index (χ0) is 12.3. The summed E-state index contributed by atoms with van der Waals surface area (Å²) in [7, 11) is 0. The zero-order valence-electron chi connectivity index (χ0n) is 10.1. The van der Waals surface area contributed by atoms with Gasteiger partial charge in [-0.3, -0.25) is 0 Å². The molecule has 94 valence electrons. The van der Waals surface area contributed by atoms with Gasteiger partial charge >= 0.3 is 0 Å². The maximum absolute atomic E-state index is 5.62. The van der Waals surface area contributed by atoms with Crippen LogP contribution in [0.5, 0.6) is 0 Å². The fourth-order valence-electron chi connectivity index (χ4n) is 2.37. The standard InChI is InChI=1S/C12H19BrN4/c1-8-5-3-2-4-6-10(8)16-11-9(13)7-15-12(14)17-11/h7-8,10H,2-6H2,1H3,(H3,14,15,16,17). The molecule has 4 nitrogen and oxygen atoms in total. The molecule has 0 saturated heterocycles. The number of anilines is 2. The van der Waals surface area contributed by atoms with Crippen LogP contribution < -0.4 is 11.1 Å². The number of rotatable bonds is 2. The highest BCUT2D eigenvalue weighted by atomic mass is 79.9. The van der Waals surface area contributed by atoms with Gasteiger partial charge in [-0.1, -0.05) is 26.2 Å². The van der Waals surface area contributed by atoms with Gasteiger partial charge in [0.05, 0.1) is 4.47 Å². The van der Waals surface area contributed by atoms with Crippen molar-refractivity contribution in [2.45, 2.75) is 45.1 Å². The van der Waals surface area contributed by atoms with Crippen LogP contribution in [0.3, 0.4) is 0 Å². The van der Waals surface area contributed by atoms with Gasteiger partial charge in [-0.05, 0) is 34.7 Å². The maximum Gasteiger partial charge on any atom is 0.221 e. The lowest BCUT2D eigenvalue weighted by atomic mass is 9.97. The van der Waals surface area contributed by atoms with Gasteiger partial charge < -0.3 is 11.1 Å². The van der Waals surface area contributed by atoms with Crippen LogP contribution in [0.1, 0.15) is 39.0 Å². The molecule has 0 radical (unpaired) electrons. The van der Waals surface area contributed by atoms with E-state index in [0.717, 1.165) is 10.3 Å². The predicted octanol–water partition coefficient (Wildman–Crippen LogP) is 3.20. The molecule has 2 atom stereocenters. The molecule has 1 aliphatic carbocycles. The third-order valence-corrected chi connectivity index (χ3v) is 4.03. The van der Waals surface area contributed by atoms with Gasteiger partial charge in [0.1, 0.15) is 5.82 Å².